The number of benzene rings is 2. The minimum Gasteiger partial charge on any atom is -0.465 e. The van der Waals surface area contributed by atoms with Crippen LogP contribution in [0.1, 0.15) is 15.9 Å². The highest BCUT2D eigenvalue weighted by Crippen LogP contribution is 2.26. The van der Waals surface area contributed by atoms with Crippen LogP contribution in [0.4, 0.5) is 5.69 Å². The molecule has 0 bridgehead atoms. The maximum absolute atomic E-state index is 12.4. The summed E-state index contributed by atoms with van der Waals surface area (Å²) in [5, 5.41) is 12.1. The summed E-state index contributed by atoms with van der Waals surface area (Å²) in [5.74, 6) is 0.0620. The van der Waals surface area contributed by atoms with Gasteiger partial charge >= 0.3 is 5.97 Å². The number of methoxy groups -OCH3 is 1. The van der Waals surface area contributed by atoms with E-state index in [0.717, 1.165) is 17.0 Å². The summed E-state index contributed by atoms with van der Waals surface area (Å²) >= 11 is 7.38. The molecule has 3 rings (SSSR count). The second-order valence-electron chi connectivity index (χ2n) is 6.20. The molecule has 0 saturated carbocycles. The van der Waals surface area contributed by atoms with Crippen LogP contribution in [0.5, 0.6) is 0 Å². The lowest BCUT2D eigenvalue weighted by molar-refractivity contribution is -0.113. The van der Waals surface area contributed by atoms with Gasteiger partial charge in [-0.05, 0) is 30.7 Å². The van der Waals surface area contributed by atoms with Gasteiger partial charge in [-0.25, -0.2) is 4.79 Å². The number of anilines is 1. The number of aromatic nitrogens is 3. The largest absolute Gasteiger partial charge is 0.465 e. The Kier molecular flexibility index (Phi) is 6.56. The Morgan fingerprint density at radius 2 is 1.97 bits per heavy atom. The van der Waals surface area contributed by atoms with E-state index in [9.17, 15) is 9.59 Å². The fourth-order valence-electron chi connectivity index (χ4n) is 2.68. The molecule has 0 aliphatic rings. The van der Waals surface area contributed by atoms with E-state index in [1.807, 2.05) is 42.8 Å². The van der Waals surface area contributed by atoms with Crippen LogP contribution in [0.15, 0.2) is 47.6 Å². The van der Waals surface area contributed by atoms with Crippen molar-refractivity contribution in [2.45, 2.75) is 12.1 Å². The molecular weight excluding hydrogens is 412 g/mol. The van der Waals surface area contributed by atoms with Gasteiger partial charge in [0.2, 0.25) is 5.91 Å². The Labute approximate surface area is 177 Å². The predicted molar refractivity (Wildman–Crippen MR) is 113 cm³/mol. The third kappa shape index (κ3) is 4.78. The van der Waals surface area contributed by atoms with Crippen LogP contribution < -0.4 is 5.32 Å². The van der Waals surface area contributed by atoms with E-state index in [0.29, 0.717) is 21.4 Å². The first-order chi connectivity index (χ1) is 13.9. The second-order valence-corrected chi connectivity index (χ2v) is 7.55. The number of hydrogen-bond acceptors (Lipinski definition) is 6. The molecule has 0 radical (unpaired) electrons. The summed E-state index contributed by atoms with van der Waals surface area (Å²) in [6.07, 6.45) is 0. The van der Waals surface area contributed by atoms with Crippen molar-refractivity contribution in [2.24, 2.45) is 7.05 Å². The van der Waals surface area contributed by atoms with E-state index < -0.39 is 5.97 Å². The molecule has 0 atom stereocenters. The first-order valence-corrected chi connectivity index (χ1v) is 10.0. The van der Waals surface area contributed by atoms with Crippen LogP contribution in [0.25, 0.3) is 11.4 Å². The molecule has 3 aromatic rings. The Balaban J connectivity index is 1.68. The Hall–Kier alpha value is -2.84. The summed E-state index contributed by atoms with van der Waals surface area (Å²) in [5.41, 5.74) is 2.73. The molecule has 0 fully saturated rings. The molecular formula is C20H19ClN4O3S. The van der Waals surface area contributed by atoms with Gasteiger partial charge in [0, 0.05) is 12.6 Å². The zero-order valence-electron chi connectivity index (χ0n) is 16.1. The number of halogens is 1. The molecule has 0 spiro atoms. The van der Waals surface area contributed by atoms with Gasteiger partial charge in [0.05, 0.1) is 29.1 Å². The van der Waals surface area contributed by atoms with E-state index in [-0.39, 0.29) is 11.7 Å². The van der Waals surface area contributed by atoms with Gasteiger partial charge in [0.15, 0.2) is 11.0 Å². The molecule has 7 nitrogen and oxygen atoms in total. The molecule has 150 valence electrons. The highest BCUT2D eigenvalue weighted by atomic mass is 35.5. The molecule has 29 heavy (non-hydrogen) atoms. The third-order valence-electron chi connectivity index (χ3n) is 4.21. The van der Waals surface area contributed by atoms with E-state index in [1.165, 1.54) is 37.1 Å². The van der Waals surface area contributed by atoms with Crippen molar-refractivity contribution in [1.29, 1.82) is 0 Å². The highest BCUT2D eigenvalue weighted by molar-refractivity contribution is 7.99. The van der Waals surface area contributed by atoms with Crippen molar-refractivity contribution < 1.29 is 14.3 Å². The predicted octanol–water partition coefficient (Wildman–Crippen LogP) is 3.96. The van der Waals surface area contributed by atoms with Gasteiger partial charge in [-0.2, -0.15) is 0 Å². The molecule has 9 heteroatoms. The Morgan fingerprint density at radius 3 is 2.69 bits per heavy atom. The van der Waals surface area contributed by atoms with Crippen LogP contribution in [0.3, 0.4) is 0 Å². The molecule has 0 aliphatic heterocycles. The van der Waals surface area contributed by atoms with Gasteiger partial charge in [-0.3, -0.25) is 4.79 Å². The van der Waals surface area contributed by atoms with Crippen molar-refractivity contribution in [3.8, 4) is 11.4 Å². The maximum atomic E-state index is 12.4. The highest BCUT2D eigenvalue weighted by Gasteiger charge is 2.15. The monoisotopic (exact) mass is 430 g/mol. The summed E-state index contributed by atoms with van der Waals surface area (Å²) < 4.78 is 6.54. The third-order valence-corrected chi connectivity index (χ3v) is 5.56. The van der Waals surface area contributed by atoms with Crippen molar-refractivity contribution >= 4 is 40.9 Å². The van der Waals surface area contributed by atoms with E-state index in [1.54, 1.807) is 0 Å². The van der Waals surface area contributed by atoms with Gasteiger partial charge in [0.1, 0.15) is 0 Å². The number of aryl methyl sites for hydroxylation is 1. The maximum Gasteiger partial charge on any atom is 0.337 e. The first-order valence-electron chi connectivity index (χ1n) is 8.66. The Bertz CT molecular complexity index is 1070. The number of thioether (sulfide) groups is 1. The fraction of sp³-hybridized carbons (Fsp3) is 0.200. The van der Waals surface area contributed by atoms with Crippen molar-refractivity contribution in [3.05, 3.63) is 58.6 Å². The normalized spacial score (nSPS) is 10.6. The number of nitrogens with one attached hydrogen (secondary N) is 1. The van der Waals surface area contributed by atoms with Gasteiger partial charge in [-0.1, -0.05) is 47.6 Å². The first kappa shape index (κ1) is 20.9. The number of amides is 1. The van der Waals surface area contributed by atoms with E-state index in [2.05, 4.69) is 20.3 Å². The SMILES string of the molecule is COC(=O)c1ccc(Cl)c(NC(=O)CSc2nnc(-c3ccccc3C)n2C)c1. The summed E-state index contributed by atoms with van der Waals surface area (Å²) in [7, 11) is 3.15. The minimum atomic E-state index is -0.505. The van der Waals surface area contributed by atoms with E-state index in [4.69, 9.17) is 11.6 Å². The molecule has 2 aromatic carbocycles. The molecule has 1 aromatic heterocycles. The molecule has 1 N–H and O–H groups in total. The zero-order chi connectivity index (χ0) is 21.0. The number of carbonyl (C=O) groups excluding carboxylic acids is 2. The lowest BCUT2D eigenvalue weighted by Gasteiger charge is -2.09. The van der Waals surface area contributed by atoms with Crippen LogP contribution in [-0.2, 0) is 16.6 Å². The van der Waals surface area contributed by atoms with Crippen molar-refractivity contribution in [3.63, 3.8) is 0 Å². The average Bonchev–Trinajstić information content (AvgIpc) is 3.08. The van der Waals surface area contributed by atoms with Gasteiger partial charge < -0.3 is 14.6 Å². The van der Waals surface area contributed by atoms with Crippen LogP contribution >= 0.6 is 23.4 Å². The van der Waals surface area contributed by atoms with Crippen molar-refractivity contribution in [1.82, 2.24) is 14.8 Å². The number of ether oxygens (including phenoxy) is 1. The van der Waals surface area contributed by atoms with Crippen molar-refractivity contribution in [2.75, 3.05) is 18.2 Å². The number of rotatable bonds is 6. The number of nitrogens with zero attached hydrogens (tertiary/aromatic N) is 3. The molecule has 1 amide bonds. The summed E-state index contributed by atoms with van der Waals surface area (Å²) in [4.78, 5) is 24.0. The molecule has 0 saturated heterocycles. The number of esters is 1. The average molecular weight is 431 g/mol. The minimum absolute atomic E-state index is 0.110. The van der Waals surface area contributed by atoms with Gasteiger partial charge in [0.25, 0.3) is 0 Å². The molecule has 0 unspecified atom stereocenters. The molecule has 1 heterocycles. The quantitative estimate of drug-likeness (QED) is 0.470. The fourth-order valence-corrected chi connectivity index (χ4v) is 3.56. The van der Waals surface area contributed by atoms with Crippen LogP contribution in [-0.4, -0.2) is 39.5 Å². The summed E-state index contributed by atoms with van der Waals surface area (Å²) in [6, 6.07) is 12.5. The zero-order valence-corrected chi connectivity index (χ0v) is 17.7. The smallest absolute Gasteiger partial charge is 0.337 e. The standard InChI is InChI=1S/C20H19ClN4O3S/c1-12-6-4-5-7-14(12)18-23-24-20(25(18)2)29-11-17(26)22-16-10-13(19(27)28-3)8-9-15(16)21/h4-10H,11H2,1-3H3,(H,22,26). The number of hydrogen-bond donors (Lipinski definition) is 1. The number of carbonyl (C=O) groups is 2. The van der Waals surface area contributed by atoms with E-state index >= 15 is 0 Å². The Morgan fingerprint density at radius 1 is 1.21 bits per heavy atom. The summed E-state index contributed by atoms with van der Waals surface area (Å²) in [6.45, 7) is 2.01. The topological polar surface area (TPSA) is 86.1 Å². The lowest BCUT2D eigenvalue weighted by Crippen LogP contribution is -2.15. The van der Waals surface area contributed by atoms with Gasteiger partial charge in [-0.15, -0.1) is 10.2 Å². The van der Waals surface area contributed by atoms with Crippen LogP contribution in [0, 0.1) is 6.92 Å². The lowest BCUT2D eigenvalue weighted by atomic mass is 10.1. The van der Waals surface area contributed by atoms with Crippen LogP contribution in [0.2, 0.25) is 5.02 Å². The molecule has 0 aliphatic carbocycles. The second kappa shape index (κ2) is 9.11.